The van der Waals surface area contributed by atoms with Gasteiger partial charge in [-0.3, -0.25) is 4.79 Å². The van der Waals surface area contributed by atoms with Crippen LogP contribution in [-0.2, 0) is 4.79 Å². The summed E-state index contributed by atoms with van der Waals surface area (Å²) in [4.78, 5) is 13.5. The predicted octanol–water partition coefficient (Wildman–Crippen LogP) is 3.90. The lowest BCUT2D eigenvalue weighted by atomic mass is 10.2. The number of nitrogens with zero attached hydrogens (tertiary/aromatic N) is 1. The number of benzene rings is 2. The minimum atomic E-state index is -0.151. The Balaban J connectivity index is 2.22. The van der Waals surface area contributed by atoms with E-state index in [4.69, 9.17) is 4.74 Å². The number of amides is 1. The maximum absolute atomic E-state index is 11.4. The Labute approximate surface area is 131 Å². The predicted molar refractivity (Wildman–Crippen MR) is 90.3 cm³/mol. The van der Waals surface area contributed by atoms with E-state index in [1.165, 1.54) is 6.92 Å². The number of carbonyl (C=O) groups excluding carboxylic acids is 1. The van der Waals surface area contributed by atoms with Gasteiger partial charge in [-0.25, -0.2) is 0 Å². The molecule has 2 rings (SSSR count). The highest BCUT2D eigenvalue weighted by atomic mass is 16.5. The number of anilines is 2. The fraction of sp³-hybridized carbons (Fsp3) is 0.278. The van der Waals surface area contributed by atoms with Crippen LogP contribution in [0.2, 0.25) is 0 Å². The molecule has 1 atom stereocenters. The van der Waals surface area contributed by atoms with Gasteiger partial charge in [-0.2, -0.15) is 0 Å². The van der Waals surface area contributed by atoms with E-state index in [1.807, 2.05) is 61.5 Å². The minimum Gasteiger partial charge on any atom is -0.471 e. The van der Waals surface area contributed by atoms with Crippen molar-refractivity contribution in [3.05, 3.63) is 54.6 Å². The molecular formula is C18H22N2O2. The average Bonchev–Trinajstić information content (AvgIpc) is 2.50. The van der Waals surface area contributed by atoms with Crippen LogP contribution in [0.1, 0.15) is 20.8 Å². The Bertz CT molecular complexity index is 613. The van der Waals surface area contributed by atoms with E-state index in [2.05, 4.69) is 17.1 Å². The second-order valence-electron chi connectivity index (χ2n) is 5.01. The van der Waals surface area contributed by atoms with Crippen LogP contribution >= 0.6 is 0 Å². The Morgan fingerprint density at radius 2 is 1.77 bits per heavy atom. The van der Waals surface area contributed by atoms with Crippen molar-refractivity contribution in [3.8, 4) is 5.75 Å². The molecule has 0 fully saturated rings. The largest absolute Gasteiger partial charge is 0.471 e. The molecule has 22 heavy (non-hydrogen) atoms. The molecule has 0 saturated heterocycles. The lowest BCUT2D eigenvalue weighted by Gasteiger charge is -2.31. The normalized spacial score (nSPS) is 11.6. The SMILES string of the molecule is CCN(c1ccccc1NC(C)=O)C(C)Oc1ccccc1. The van der Waals surface area contributed by atoms with Crippen LogP contribution in [0.3, 0.4) is 0 Å². The number of nitrogens with one attached hydrogen (secondary N) is 1. The topological polar surface area (TPSA) is 41.6 Å². The van der Waals surface area contributed by atoms with Crippen LogP contribution in [0, 0.1) is 0 Å². The van der Waals surface area contributed by atoms with E-state index in [0.717, 1.165) is 23.7 Å². The minimum absolute atomic E-state index is 0.0832. The summed E-state index contributed by atoms with van der Waals surface area (Å²) in [5.41, 5.74) is 1.74. The van der Waals surface area contributed by atoms with Gasteiger partial charge in [0, 0.05) is 13.5 Å². The molecule has 0 saturated carbocycles. The molecule has 2 aromatic carbocycles. The standard InChI is InChI=1S/C18H22N2O2/c1-4-20(15(3)22-16-10-6-5-7-11-16)18-13-9-8-12-17(18)19-14(2)21/h5-13,15H,4H2,1-3H3,(H,19,21). The Hall–Kier alpha value is -2.49. The molecule has 1 amide bonds. The summed E-state index contributed by atoms with van der Waals surface area (Å²) >= 11 is 0. The Kier molecular flexibility index (Phi) is 5.42. The van der Waals surface area contributed by atoms with Gasteiger partial charge in [0.05, 0.1) is 11.4 Å². The van der Waals surface area contributed by atoms with Gasteiger partial charge in [0.1, 0.15) is 5.75 Å². The zero-order valence-electron chi connectivity index (χ0n) is 13.2. The molecule has 0 aliphatic rings. The quantitative estimate of drug-likeness (QED) is 0.822. The molecule has 2 aromatic rings. The monoisotopic (exact) mass is 298 g/mol. The van der Waals surface area contributed by atoms with Crippen LogP contribution in [0.15, 0.2) is 54.6 Å². The van der Waals surface area contributed by atoms with Crippen molar-refractivity contribution in [1.82, 2.24) is 0 Å². The second-order valence-corrected chi connectivity index (χ2v) is 5.01. The van der Waals surface area contributed by atoms with E-state index in [1.54, 1.807) is 0 Å². The molecule has 0 heterocycles. The van der Waals surface area contributed by atoms with Crippen LogP contribution in [-0.4, -0.2) is 18.7 Å². The molecule has 0 spiro atoms. The number of ether oxygens (including phenoxy) is 1. The van der Waals surface area contributed by atoms with E-state index < -0.39 is 0 Å². The number of carbonyl (C=O) groups is 1. The van der Waals surface area contributed by atoms with Gasteiger partial charge in [-0.05, 0) is 38.1 Å². The van der Waals surface area contributed by atoms with Crippen molar-refractivity contribution in [3.63, 3.8) is 0 Å². The van der Waals surface area contributed by atoms with Gasteiger partial charge in [0.15, 0.2) is 6.23 Å². The van der Waals surface area contributed by atoms with Crippen molar-refractivity contribution in [2.45, 2.75) is 27.0 Å². The molecule has 0 radical (unpaired) electrons. The molecule has 0 aliphatic carbocycles. The number of para-hydroxylation sites is 3. The highest BCUT2D eigenvalue weighted by molar-refractivity contribution is 5.92. The zero-order chi connectivity index (χ0) is 15.9. The molecule has 116 valence electrons. The van der Waals surface area contributed by atoms with Crippen molar-refractivity contribution in [1.29, 1.82) is 0 Å². The third-order valence-corrected chi connectivity index (χ3v) is 3.35. The van der Waals surface area contributed by atoms with Crippen molar-refractivity contribution in [2.75, 3.05) is 16.8 Å². The molecule has 0 aliphatic heterocycles. The molecule has 0 aromatic heterocycles. The Morgan fingerprint density at radius 3 is 2.41 bits per heavy atom. The maximum atomic E-state index is 11.4. The molecule has 0 bridgehead atoms. The third-order valence-electron chi connectivity index (χ3n) is 3.35. The van der Waals surface area contributed by atoms with E-state index in [0.29, 0.717) is 0 Å². The summed E-state index contributed by atoms with van der Waals surface area (Å²) in [6.45, 7) is 6.35. The summed E-state index contributed by atoms with van der Waals surface area (Å²) in [5.74, 6) is 0.741. The summed E-state index contributed by atoms with van der Waals surface area (Å²) in [7, 11) is 0. The van der Waals surface area contributed by atoms with E-state index >= 15 is 0 Å². The lowest BCUT2D eigenvalue weighted by molar-refractivity contribution is -0.114. The lowest BCUT2D eigenvalue weighted by Crippen LogP contribution is -2.37. The second kappa shape index (κ2) is 7.50. The highest BCUT2D eigenvalue weighted by Crippen LogP contribution is 2.28. The van der Waals surface area contributed by atoms with Crippen molar-refractivity contribution >= 4 is 17.3 Å². The fourth-order valence-corrected chi connectivity index (χ4v) is 2.40. The molecule has 1 unspecified atom stereocenters. The van der Waals surface area contributed by atoms with Crippen LogP contribution in [0.5, 0.6) is 5.75 Å². The maximum Gasteiger partial charge on any atom is 0.221 e. The summed E-state index contributed by atoms with van der Waals surface area (Å²) in [6, 6.07) is 17.5. The van der Waals surface area contributed by atoms with Gasteiger partial charge in [-0.15, -0.1) is 0 Å². The smallest absolute Gasteiger partial charge is 0.221 e. The number of hydrogen-bond acceptors (Lipinski definition) is 3. The van der Waals surface area contributed by atoms with E-state index in [9.17, 15) is 4.79 Å². The van der Waals surface area contributed by atoms with Gasteiger partial charge < -0.3 is 15.0 Å². The van der Waals surface area contributed by atoms with Gasteiger partial charge in [-0.1, -0.05) is 30.3 Å². The first-order chi connectivity index (χ1) is 10.6. The Morgan fingerprint density at radius 1 is 1.14 bits per heavy atom. The van der Waals surface area contributed by atoms with Gasteiger partial charge >= 0.3 is 0 Å². The molecule has 1 N–H and O–H groups in total. The molecule has 4 heteroatoms. The van der Waals surface area contributed by atoms with Crippen LogP contribution in [0.4, 0.5) is 11.4 Å². The third kappa shape index (κ3) is 4.01. The molecule has 4 nitrogen and oxygen atoms in total. The number of rotatable bonds is 6. The average molecular weight is 298 g/mol. The number of hydrogen-bond donors (Lipinski definition) is 1. The fourth-order valence-electron chi connectivity index (χ4n) is 2.40. The van der Waals surface area contributed by atoms with Gasteiger partial charge in [0.25, 0.3) is 0 Å². The zero-order valence-corrected chi connectivity index (χ0v) is 13.2. The summed E-state index contributed by atoms with van der Waals surface area (Å²) in [6.07, 6.45) is -0.151. The van der Waals surface area contributed by atoms with Crippen LogP contribution < -0.4 is 15.0 Å². The molecular weight excluding hydrogens is 276 g/mol. The first kappa shape index (κ1) is 15.9. The first-order valence-electron chi connectivity index (χ1n) is 7.46. The highest BCUT2D eigenvalue weighted by Gasteiger charge is 2.17. The summed E-state index contributed by atoms with van der Waals surface area (Å²) in [5, 5.41) is 2.87. The summed E-state index contributed by atoms with van der Waals surface area (Å²) < 4.78 is 5.99. The van der Waals surface area contributed by atoms with Crippen molar-refractivity contribution in [2.24, 2.45) is 0 Å². The van der Waals surface area contributed by atoms with Crippen LogP contribution in [0.25, 0.3) is 0 Å². The van der Waals surface area contributed by atoms with Crippen molar-refractivity contribution < 1.29 is 9.53 Å². The first-order valence-corrected chi connectivity index (χ1v) is 7.46. The van der Waals surface area contributed by atoms with Gasteiger partial charge in [0.2, 0.25) is 5.91 Å². The van der Waals surface area contributed by atoms with E-state index in [-0.39, 0.29) is 12.1 Å².